The van der Waals surface area contributed by atoms with E-state index < -0.39 is 17.6 Å². The molecule has 0 fully saturated rings. The average molecular weight is 554 g/mol. The van der Waals surface area contributed by atoms with Crippen LogP contribution in [-0.2, 0) is 6.54 Å². The van der Waals surface area contributed by atoms with Gasteiger partial charge in [0.05, 0.1) is 42.9 Å². The number of methoxy groups -OCH3 is 1. The molecule has 5 aromatic rings. The number of amides is 1. The number of hydrogen-bond donors (Lipinski definition) is 2. The smallest absolute Gasteiger partial charge is 0.284 e. The summed E-state index contributed by atoms with van der Waals surface area (Å²) in [6.45, 7) is 5.65. The van der Waals surface area contributed by atoms with Gasteiger partial charge < -0.3 is 19.9 Å². The van der Waals surface area contributed by atoms with Crippen LogP contribution in [0.2, 0.25) is 0 Å². The summed E-state index contributed by atoms with van der Waals surface area (Å²) in [4.78, 5) is 35.6. The zero-order valence-electron chi connectivity index (χ0n) is 23.2. The van der Waals surface area contributed by atoms with Crippen molar-refractivity contribution in [2.45, 2.75) is 33.4 Å². The molecule has 5 rings (SSSR count). The lowest BCUT2D eigenvalue weighted by molar-refractivity contribution is 0.0987. The summed E-state index contributed by atoms with van der Waals surface area (Å²) in [5.74, 6) is 1.38. The number of benzene rings is 2. The minimum absolute atomic E-state index is 0.0226. The lowest BCUT2D eigenvalue weighted by atomic mass is 10.1. The van der Waals surface area contributed by atoms with E-state index in [1.54, 1.807) is 55.2 Å². The Morgan fingerprint density at radius 3 is 2.46 bits per heavy atom. The van der Waals surface area contributed by atoms with Gasteiger partial charge in [-0.25, -0.2) is 9.67 Å². The summed E-state index contributed by atoms with van der Waals surface area (Å²) in [5.41, 5.74) is 1.26. The summed E-state index contributed by atoms with van der Waals surface area (Å²) < 4.78 is 14.4. The second-order valence-electron chi connectivity index (χ2n) is 9.93. The highest BCUT2D eigenvalue weighted by Gasteiger charge is 2.26. The predicted octanol–water partition coefficient (Wildman–Crippen LogP) is 4.96. The van der Waals surface area contributed by atoms with Gasteiger partial charge in [0, 0.05) is 17.6 Å². The van der Waals surface area contributed by atoms with Crippen molar-refractivity contribution < 1.29 is 19.4 Å². The zero-order valence-corrected chi connectivity index (χ0v) is 23.2. The SMILES string of the molecule is COc1ccc2c(Oc3ccc(NC(=O)c4c(C)n(C[C@H](O)C(C)C)n(-c5ccccc5)c4=O)nc3)ccnc2c1. The van der Waals surface area contributed by atoms with E-state index in [2.05, 4.69) is 15.3 Å². The van der Waals surface area contributed by atoms with E-state index >= 15 is 0 Å². The second-order valence-corrected chi connectivity index (χ2v) is 9.93. The number of carbonyl (C=O) groups is 1. The minimum Gasteiger partial charge on any atom is -0.497 e. The number of aromatic nitrogens is 4. The number of nitrogens with zero attached hydrogens (tertiary/aromatic N) is 4. The van der Waals surface area contributed by atoms with Crippen molar-refractivity contribution in [1.82, 2.24) is 19.3 Å². The van der Waals surface area contributed by atoms with Gasteiger partial charge in [-0.15, -0.1) is 0 Å². The maximum absolute atomic E-state index is 13.5. The average Bonchev–Trinajstić information content (AvgIpc) is 3.22. The van der Waals surface area contributed by atoms with E-state index in [0.717, 1.165) is 10.9 Å². The topological polar surface area (TPSA) is 120 Å². The van der Waals surface area contributed by atoms with Crippen LogP contribution in [0, 0.1) is 12.8 Å². The summed E-state index contributed by atoms with van der Waals surface area (Å²) >= 11 is 0. The Kier molecular flexibility index (Phi) is 7.84. The van der Waals surface area contributed by atoms with Crippen LogP contribution in [0.5, 0.6) is 17.2 Å². The van der Waals surface area contributed by atoms with Crippen molar-refractivity contribution in [3.8, 4) is 22.9 Å². The highest BCUT2D eigenvalue weighted by Crippen LogP contribution is 2.30. The van der Waals surface area contributed by atoms with Crippen LogP contribution in [0.4, 0.5) is 5.82 Å². The third-order valence-corrected chi connectivity index (χ3v) is 6.87. The molecule has 1 amide bonds. The third-order valence-electron chi connectivity index (χ3n) is 6.87. The molecule has 3 aromatic heterocycles. The lowest BCUT2D eigenvalue weighted by Gasteiger charge is -2.19. The number of aliphatic hydroxyl groups is 1. The first kappa shape index (κ1) is 27.6. The molecule has 0 bridgehead atoms. The minimum atomic E-state index is -0.708. The molecule has 10 nitrogen and oxygen atoms in total. The van der Waals surface area contributed by atoms with Gasteiger partial charge in [0.25, 0.3) is 11.5 Å². The van der Waals surface area contributed by atoms with Crippen molar-refractivity contribution in [3.63, 3.8) is 0 Å². The van der Waals surface area contributed by atoms with Gasteiger partial charge in [-0.1, -0.05) is 32.0 Å². The molecule has 0 saturated carbocycles. The maximum atomic E-state index is 13.5. The molecule has 3 heterocycles. The van der Waals surface area contributed by atoms with Crippen LogP contribution in [0.1, 0.15) is 29.9 Å². The molecule has 0 radical (unpaired) electrons. The molecular weight excluding hydrogens is 522 g/mol. The number of aliphatic hydroxyl groups excluding tert-OH is 1. The third kappa shape index (κ3) is 5.68. The zero-order chi connectivity index (χ0) is 29.1. The first-order valence-corrected chi connectivity index (χ1v) is 13.2. The van der Waals surface area contributed by atoms with E-state index in [1.807, 2.05) is 50.2 Å². The molecular formula is C31H31N5O5. The van der Waals surface area contributed by atoms with E-state index in [9.17, 15) is 14.7 Å². The molecule has 0 aliphatic rings. The second kappa shape index (κ2) is 11.6. The molecule has 0 saturated heterocycles. The molecule has 0 spiro atoms. The van der Waals surface area contributed by atoms with Gasteiger partial charge in [0.2, 0.25) is 0 Å². The molecule has 2 N–H and O–H groups in total. The van der Waals surface area contributed by atoms with Crippen molar-refractivity contribution in [3.05, 3.63) is 101 Å². The van der Waals surface area contributed by atoms with Gasteiger partial charge in [0.1, 0.15) is 28.6 Å². The van der Waals surface area contributed by atoms with E-state index in [-0.39, 0.29) is 23.8 Å². The highest BCUT2D eigenvalue weighted by molar-refractivity contribution is 6.04. The number of pyridine rings is 2. The summed E-state index contributed by atoms with van der Waals surface area (Å²) in [7, 11) is 1.60. The van der Waals surface area contributed by atoms with Crippen LogP contribution in [0.25, 0.3) is 16.6 Å². The number of rotatable bonds is 9. The Labute approximate surface area is 236 Å². The fraction of sp³-hybridized carbons (Fsp3) is 0.226. The number of ether oxygens (including phenoxy) is 2. The van der Waals surface area contributed by atoms with E-state index in [0.29, 0.717) is 28.6 Å². The van der Waals surface area contributed by atoms with Gasteiger partial charge in [0.15, 0.2) is 0 Å². The van der Waals surface area contributed by atoms with Crippen molar-refractivity contribution in [1.29, 1.82) is 0 Å². The van der Waals surface area contributed by atoms with Gasteiger partial charge in [-0.05, 0) is 55.3 Å². The Morgan fingerprint density at radius 1 is 1.02 bits per heavy atom. The molecule has 41 heavy (non-hydrogen) atoms. The maximum Gasteiger partial charge on any atom is 0.284 e. The van der Waals surface area contributed by atoms with Crippen LogP contribution in [-0.4, -0.2) is 43.6 Å². The highest BCUT2D eigenvalue weighted by atomic mass is 16.5. The molecule has 2 aromatic carbocycles. The van der Waals surface area contributed by atoms with Crippen molar-refractivity contribution in [2.75, 3.05) is 12.4 Å². The van der Waals surface area contributed by atoms with Crippen LogP contribution in [0.15, 0.2) is 83.9 Å². The first-order valence-electron chi connectivity index (χ1n) is 13.2. The number of carbonyl (C=O) groups excluding carboxylic acids is 1. The fourth-order valence-corrected chi connectivity index (χ4v) is 4.48. The summed E-state index contributed by atoms with van der Waals surface area (Å²) in [6.07, 6.45) is 2.43. The van der Waals surface area contributed by atoms with Crippen molar-refractivity contribution >= 4 is 22.6 Å². The van der Waals surface area contributed by atoms with Gasteiger partial charge in [-0.3, -0.25) is 19.3 Å². The lowest BCUT2D eigenvalue weighted by Crippen LogP contribution is -2.29. The van der Waals surface area contributed by atoms with E-state index in [1.165, 1.54) is 10.9 Å². The largest absolute Gasteiger partial charge is 0.497 e. The van der Waals surface area contributed by atoms with Crippen LogP contribution in [0.3, 0.4) is 0 Å². The Balaban J connectivity index is 1.39. The molecule has 10 heteroatoms. The number of para-hydroxylation sites is 1. The van der Waals surface area contributed by atoms with Gasteiger partial charge >= 0.3 is 0 Å². The Bertz CT molecular complexity index is 1740. The summed E-state index contributed by atoms with van der Waals surface area (Å²) in [5, 5.41) is 14.1. The number of fused-ring (bicyclic) bond motifs is 1. The predicted molar refractivity (Wildman–Crippen MR) is 156 cm³/mol. The monoisotopic (exact) mass is 553 g/mol. The Morgan fingerprint density at radius 2 is 1.78 bits per heavy atom. The van der Waals surface area contributed by atoms with Crippen LogP contribution >= 0.6 is 0 Å². The quantitative estimate of drug-likeness (QED) is 0.265. The molecule has 0 unspecified atom stereocenters. The molecule has 0 aliphatic carbocycles. The normalized spacial score (nSPS) is 12.0. The molecule has 1 atom stereocenters. The fourth-order valence-electron chi connectivity index (χ4n) is 4.48. The molecule has 210 valence electrons. The first-order chi connectivity index (χ1) is 19.8. The van der Waals surface area contributed by atoms with Crippen LogP contribution < -0.4 is 20.3 Å². The number of nitrogens with one attached hydrogen (secondary N) is 1. The van der Waals surface area contributed by atoms with Crippen molar-refractivity contribution in [2.24, 2.45) is 5.92 Å². The summed E-state index contributed by atoms with van der Waals surface area (Å²) in [6, 6.07) is 19.6. The Hall–Kier alpha value is -4.96. The number of anilines is 1. The standard InChI is InChI=1S/C31H31N5O5/c1-19(2)26(37)18-35-20(3)29(31(39)36(35)21-8-6-5-7-9-21)30(38)34-28-13-11-23(17-33-28)41-27-14-15-32-25-16-22(40-4)10-12-24(25)27/h5-17,19,26,37H,18H2,1-4H3,(H,33,34,38)/t26-/m0/s1. The van der Waals surface area contributed by atoms with E-state index in [4.69, 9.17) is 9.47 Å². The molecule has 0 aliphatic heterocycles. The number of hydrogen-bond acceptors (Lipinski definition) is 7. The van der Waals surface area contributed by atoms with Gasteiger partial charge in [-0.2, -0.15) is 0 Å².